The number of nitrogens with one attached hydrogen (secondary N) is 1. The molecule has 0 atom stereocenters. The topological polar surface area (TPSA) is 42.0 Å². The van der Waals surface area contributed by atoms with Crippen molar-refractivity contribution in [2.24, 2.45) is 0 Å². The van der Waals surface area contributed by atoms with Crippen molar-refractivity contribution in [2.45, 2.75) is 20.3 Å². The SMILES string of the molecule is CCC(=O)Nc1ncc(C)cc1Br. The maximum Gasteiger partial charge on any atom is 0.225 e. The normalized spacial score (nSPS) is 9.77. The van der Waals surface area contributed by atoms with Gasteiger partial charge in [0.2, 0.25) is 5.91 Å². The first-order valence-corrected chi connectivity index (χ1v) is 4.84. The average Bonchev–Trinajstić information content (AvgIpc) is 2.09. The molecule has 1 aromatic heterocycles. The van der Waals surface area contributed by atoms with Crippen molar-refractivity contribution in [3.8, 4) is 0 Å². The van der Waals surface area contributed by atoms with Crippen LogP contribution in [0.5, 0.6) is 0 Å². The number of aromatic nitrogens is 1. The monoisotopic (exact) mass is 242 g/mol. The van der Waals surface area contributed by atoms with Crippen LogP contribution in [0.15, 0.2) is 16.7 Å². The van der Waals surface area contributed by atoms with E-state index < -0.39 is 0 Å². The molecule has 0 spiro atoms. The standard InChI is InChI=1S/C9H11BrN2O/c1-3-8(13)12-9-7(10)4-6(2)5-11-9/h4-5H,3H2,1-2H3,(H,11,12,13). The number of pyridine rings is 1. The third kappa shape index (κ3) is 2.81. The molecule has 0 aliphatic carbocycles. The molecule has 0 radical (unpaired) electrons. The molecule has 0 saturated heterocycles. The average molecular weight is 243 g/mol. The zero-order chi connectivity index (χ0) is 9.84. The predicted molar refractivity (Wildman–Crippen MR) is 55.6 cm³/mol. The lowest BCUT2D eigenvalue weighted by Crippen LogP contribution is -2.11. The van der Waals surface area contributed by atoms with Crippen molar-refractivity contribution >= 4 is 27.7 Å². The van der Waals surface area contributed by atoms with Crippen molar-refractivity contribution in [2.75, 3.05) is 5.32 Å². The Morgan fingerprint density at radius 1 is 1.69 bits per heavy atom. The van der Waals surface area contributed by atoms with Crippen molar-refractivity contribution in [3.05, 3.63) is 22.3 Å². The third-order valence-electron chi connectivity index (χ3n) is 1.56. The Morgan fingerprint density at radius 2 is 2.38 bits per heavy atom. The minimum absolute atomic E-state index is 0.0305. The van der Waals surface area contributed by atoms with E-state index in [1.807, 2.05) is 13.0 Å². The minimum Gasteiger partial charge on any atom is -0.310 e. The van der Waals surface area contributed by atoms with Gasteiger partial charge in [0.15, 0.2) is 0 Å². The number of rotatable bonds is 2. The van der Waals surface area contributed by atoms with Crippen LogP contribution >= 0.6 is 15.9 Å². The Labute approximate surface area is 85.7 Å². The summed E-state index contributed by atoms with van der Waals surface area (Å²) in [6, 6.07) is 1.91. The van der Waals surface area contributed by atoms with Crippen LogP contribution in [0.3, 0.4) is 0 Å². The highest BCUT2D eigenvalue weighted by atomic mass is 79.9. The van der Waals surface area contributed by atoms with E-state index in [1.165, 1.54) is 0 Å². The summed E-state index contributed by atoms with van der Waals surface area (Å²) < 4.78 is 0.814. The molecule has 0 unspecified atom stereocenters. The van der Waals surface area contributed by atoms with Crippen molar-refractivity contribution in [3.63, 3.8) is 0 Å². The van der Waals surface area contributed by atoms with E-state index in [2.05, 4.69) is 26.2 Å². The van der Waals surface area contributed by atoms with Gasteiger partial charge in [0.25, 0.3) is 0 Å². The van der Waals surface area contributed by atoms with Crippen LogP contribution in [0, 0.1) is 6.92 Å². The first-order valence-electron chi connectivity index (χ1n) is 4.05. The van der Waals surface area contributed by atoms with Gasteiger partial charge in [0.1, 0.15) is 5.82 Å². The lowest BCUT2D eigenvalue weighted by Gasteiger charge is -2.04. The van der Waals surface area contributed by atoms with Gasteiger partial charge in [-0.25, -0.2) is 4.98 Å². The number of hydrogen-bond acceptors (Lipinski definition) is 2. The molecule has 1 heterocycles. The van der Waals surface area contributed by atoms with E-state index in [1.54, 1.807) is 13.1 Å². The fraction of sp³-hybridized carbons (Fsp3) is 0.333. The van der Waals surface area contributed by atoms with Gasteiger partial charge in [0.05, 0.1) is 4.47 Å². The summed E-state index contributed by atoms with van der Waals surface area (Å²) in [5, 5.41) is 2.69. The van der Waals surface area contributed by atoms with E-state index in [9.17, 15) is 4.79 Å². The molecule has 70 valence electrons. The number of carbonyl (C=O) groups is 1. The molecule has 0 bridgehead atoms. The van der Waals surface area contributed by atoms with Crippen LogP contribution in [0.1, 0.15) is 18.9 Å². The van der Waals surface area contributed by atoms with E-state index in [-0.39, 0.29) is 5.91 Å². The Bertz CT molecular complexity index is 325. The maximum absolute atomic E-state index is 11.0. The number of amides is 1. The van der Waals surface area contributed by atoms with Crippen molar-refractivity contribution < 1.29 is 4.79 Å². The number of halogens is 1. The molecule has 0 fully saturated rings. The fourth-order valence-electron chi connectivity index (χ4n) is 0.846. The highest BCUT2D eigenvalue weighted by Crippen LogP contribution is 2.20. The summed E-state index contributed by atoms with van der Waals surface area (Å²) in [5.41, 5.74) is 1.06. The van der Waals surface area contributed by atoms with E-state index in [4.69, 9.17) is 0 Å². The smallest absolute Gasteiger partial charge is 0.225 e. The number of anilines is 1. The number of carbonyl (C=O) groups excluding carboxylic acids is 1. The van der Waals surface area contributed by atoms with Gasteiger partial charge < -0.3 is 5.32 Å². The Morgan fingerprint density at radius 3 is 2.92 bits per heavy atom. The second-order valence-electron chi connectivity index (χ2n) is 2.74. The van der Waals surface area contributed by atoms with E-state index in [0.29, 0.717) is 12.2 Å². The lowest BCUT2D eigenvalue weighted by molar-refractivity contribution is -0.115. The van der Waals surface area contributed by atoms with E-state index in [0.717, 1.165) is 10.0 Å². The van der Waals surface area contributed by atoms with Crippen molar-refractivity contribution in [1.29, 1.82) is 0 Å². The molecule has 3 nitrogen and oxygen atoms in total. The van der Waals surface area contributed by atoms with Crippen LogP contribution < -0.4 is 5.32 Å². The number of nitrogens with zero attached hydrogens (tertiary/aromatic N) is 1. The largest absolute Gasteiger partial charge is 0.310 e. The van der Waals surface area contributed by atoms with Gasteiger partial charge in [-0.2, -0.15) is 0 Å². The predicted octanol–water partition coefficient (Wildman–Crippen LogP) is 2.50. The van der Waals surface area contributed by atoms with Crippen LogP contribution in [-0.2, 0) is 4.79 Å². The first-order chi connectivity index (χ1) is 6.13. The van der Waals surface area contributed by atoms with Crippen LogP contribution in [-0.4, -0.2) is 10.9 Å². The molecule has 1 aromatic rings. The summed E-state index contributed by atoms with van der Waals surface area (Å²) >= 11 is 3.33. The zero-order valence-corrected chi connectivity index (χ0v) is 9.18. The Kier molecular flexibility index (Phi) is 3.42. The van der Waals surface area contributed by atoms with Crippen LogP contribution in [0.2, 0.25) is 0 Å². The van der Waals surface area contributed by atoms with Gasteiger partial charge in [-0.3, -0.25) is 4.79 Å². The molecule has 1 rings (SSSR count). The molecule has 0 aliphatic rings. The highest BCUT2D eigenvalue weighted by Gasteiger charge is 2.04. The van der Waals surface area contributed by atoms with E-state index >= 15 is 0 Å². The number of aryl methyl sites for hydroxylation is 1. The van der Waals surface area contributed by atoms with Crippen LogP contribution in [0.25, 0.3) is 0 Å². The fourth-order valence-corrected chi connectivity index (χ4v) is 1.41. The lowest BCUT2D eigenvalue weighted by atomic mass is 10.3. The summed E-state index contributed by atoms with van der Waals surface area (Å²) in [7, 11) is 0. The summed E-state index contributed by atoms with van der Waals surface area (Å²) in [4.78, 5) is 15.1. The molecular formula is C9H11BrN2O. The third-order valence-corrected chi connectivity index (χ3v) is 2.16. The second kappa shape index (κ2) is 4.37. The minimum atomic E-state index is -0.0305. The summed E-state index contributed by atoms with van der Waals surface area (Å²) in [5.74, 6) is 0.550. The van der Waals surface area contributed by atoms with Gasteiger partial charge in [-0.1, -0.05) is 6.92 Å². The molecule has 1 amide bonds. The molecule has 1 N–H and O–H groups in total. The van der Waals surface area contributed by atoms with Crippen LogP contribution in [0.4, 0.5) is 5.82 Å². The van der Waals surface area contributed by atoms with Gasteiger partial charge in [0, 0.05) is 12.6 Å². The highest BCUT2D eigenvalue weighted by molar-refractivity contribution is 9.10. The molecule has 13 heavy (non-hydrogen) atoms. The van der Waals surface area contributed by atoms with Gasteiger partial charge >= 0.3 is 0 Å². The Balaban J connectivity index is 2.83. The maximum atomic E-state index is 11.0. The molecular weight excluding hydrogens is 232 g/mol. The summed E-state index contributed by atoms with van der Waals surface area (Å²) in [6.45, 7) is 3.75. The summed E-state index contributed by atoms with van der Waals surface area (Å²) in [6.07, 6.45) is 2.18. The molecule has 0 aromatic carbocycles. The molecule has 0 aliphatic heterocycles. The number of hydrogen-bond donors (Lipinski definition) is 1. The quantitative estimate of drug-likeness (QED) is 0.866. The molecule has 4 heteroatoms. The van der Waals surface area contributed by atoms with Gasteiger partial charge in [-0.15, -0.1) is 0 Å². The van der Waals surface area contributed by atoms with Gasteiger partial charge in [-0.05, 0) is 34.5 Å². The second-order valence-corrected chi connectivity index (χ2v) is 3.60. The molecule has 0 saturated carbocycles. The van der Waals surface area contributed by atoms with Crippen molar-refractivity contribution in [1.82, 2.24) is 4.98 Å². The first kappa shape index (κ1) is 10.2. The Hall–Kier alpha value is -0.900. The zero-order valence-electron chi connectivity index (χ0n) is 7.60.